The summed E-state index contributed by atoms with van der Waals surface area (Å²) in [6.45, 7) is 4.59. The van der Waals surface area contributed by atoms with Crippen LogP contribution in [0.15, 0.2) is 24.3 Å². The van der Waals surface area contributed by atoms with Gasteiger partial charge in [0, 0.05) is 6.07 Å². The molecule has 78 valence electrons. The molecule has 0 bridgehead atoms. The van der Waals surface area contributed by atoms with Gasteiger partial charge in [-0.1, -0.05) is 13.0 Å². The number of hydrogen-bond acceptors (Lipinski definition) is 2. The van der Waals surface area contributed by atoms with Gasteiger partial charge in [0.2, 0.25) is 0 Å². The van der Waals surface area contributed by atoms with E-state index in [1.165, 1.54) is 12.1 Å². The first kappa shape index (κ1) is 11.0. The molecule has 0 saturated carbocycles. The summed E-state index contributed by atoms with van der Waals surface area (Å²) in [7, 11) is 0. The van der Waals surface area contributed by atoms with Gasteiger partial charge in [-0.05, 0) is 31.6 Å². The normalized spacial score (nSPS) is 10.1. The van der Waals surface area contributed by atoms with Crippen LogP contribution in [0.25, 0.3) is 0 Å². The molecule has 0 aliphatic carbocycles. The van der Waals surface area contributed by atoms with E-state index in [2.05, 4.69) is 12.2 Å². The van der Waals surface area contributed by atoms with Crippen LogP contribution in [0.5, 0.6) is 5.75 Å². The largest absolute Gasteiger partial charge is 0.493 e. The Hall–Kier alpha value is -1.09. The average Bonchev–Trinajstić information content (AvgIpc) is 2.18. The smallest absolute Gasteiger partial charge is 0.126 e. The summed E-state index contributed by atoms with van der Waals surface area (Å²) in [5.74, 6) is 0.343. The molecule has 0 aliphatic rings. The molecule has 1 N–H and O–H groups in total. The molecule has 0 atom stereocenters. The zero-order valence-corrected chi connectivity index (χ0v) is 8.42. The third-order valence-corrected chi connectivity index (χ3v) is 1.81. The Morgan fingerprint density at radius 2 is 2.29 bits per heavy atom. The molecule has 3 heteroatoms. The van der Waals surface area contributed by atoms with Gasteiger partial charge in [0.1, 0.15) is 11.6 Å². The molecule has 1 rings (SSSR count). The standard InChI is InChI=1S/C11H16FNO/c1-2-13-7-4-8-14-11-6-3-5-10(12)9-11/h3,5-6,9,13H,2,4,7-8H2,1H3. The summed E-state index contributed by atoms with van der Waals surface area (Å²) in [5.41, 5.74) is 0. The Balaban J connectivity index is 2.18. The lowest BCUT2D eigenvalue weighted by Crippen LogP contribution is -2.16. The Labute approximate surface area is 84.1 Å². The molecule has 0 aliphatic heterocycles. The molecule has 0 spiro atoms. The van der Waals surface area contributed by atoms with Gasteiger partial charge in [0.15, 0.2) is 0 Å². The van der Waals surface area contributed by atoms with E-state index < -0.39 is 0 Å². The minimum atomic E-state index is -0.255. The van der Waals surface area contributed by atoms with Gasteiger partial charge in [0.05, 0.1) is 6.61 Å². The lowest BCUT2D eigenvalue weighted by atomic mass is 10.3. The highest BCUT2D eigenvalue weighted by Gasteiger charge is 1.94. The molecular weight excluding hydrogens is 181 g/mol. The third kappa shape index (κ3) is 4.23. The van der Waals surface area contributed by atoms with E-state index >= 15 is 0 Å². The molecule has 0 radical (unpaired) electrons. The monoisotopic (exact) mass is 197 g/mol. The maximum absolute atomic E-state index is 12.7. The summed E-state index contributed by atoms with van der Waals surface area (Å²) in [5, 5.41) is 3.19. The van der Waals surface area contributed by atoms with Crippen molar-refractivity contribution in [3.05, 3.63) is 30.1 Å². The number of rotatable bonds is 6. The second kappa shape index (κ2) is 6.38. The quantitative estimate of drug-likeness (QED) is 0.706. The molecule has 0 amide bonds. The first-order valence-corrected chi connectivity index (χ1v) is 4.92. The molecule has 0 fully saturated rings. The lowest BCUT2D eigenvalue weighted by Gasteiger charge is -2.05. The molecule has 0 saturated heterocycles. The average molecular weight is 197 g/mol. The predicted octanol–water partition coefficient (Wildman–Crippen LogP) is 2.20. The second-order valence-corrected chi connectivity index (χ2v) is 3.01. The molecule has 0 heterocycles. The van der Waals surface area contributed by atoms with E-state index in [0.29, 0.717) is 12.4 Å². The van der Waals surface area contributed by atoms with Crippen LogP contribution in [0.4, 0.5) is 4.39 Å². The second-order valence-electron chi connectivity index (χ2n) is 3.01. The Morgan fingerprint density at radius 1 is 1.43 bits per heavy atom. The van der Waals surface area contributed by atoms with Crippen LogP contribution in [0.3, 0.4) is 0 Å². The van der Waals surface area contributed by atoms with E-state index in [0.717, 1.165) is 19.5 Å². The zero-order valence-electron chi connectivity index (χ0n) is 8.42. The highest BCUT2D eigenvalue weighted by molar-refractivity contribution is 5.22. The molecule has 1 aromatic carbocycles. The van der Waals surface area contributed by atoms with Gasteiger partial charge in [-0.15, -0.1) is 0 Å². The van der Waals surface area contributed by atoms with Crippen LogP contribution in [0.1, 0.15) is 13.3 Å². The maximum atomic E-state index is 12.7. The van der Waals surface area contributed by atoms with E-state index in [4.69, 9.17) is 4.74 Å². The van der Waals surface area contributed by atoms with Crippen molar-refractivity contribution in [3.63, 3.8) is 0 Å². The van der Waals surface area contributed by atoms with Crippen LogP contribution >= 0.6 is 0 Å². The van der Waals surface area contributed by atoms with Crippen LogP contribution in [-0.2, 0) is 0 Å². The van der Waals surface area contributed by atoms with Crippen LogP contribution in [-0.4, -0.2) is 19.7 Å². The summed E-state index contributed by atoms with van der Waals surface area (Å²) >= 11 is 0. The van der Waals surface area contributed by atoms with Crippen LogP contribution in [0, 0.1) is 5.82 Å². The van der Waals surface area contributed by atoms with Gasteiger partial charge >= 0.3 is 0 Å². The topological polar surface area (TPSA) is 21.3 Å². The van der Waals surface area contributed by atoms with Crippen LogP contribution < -0.4 is 10.1 Å². The Kier molecular flexibility index (Phi) is 5.00. The van der Waals surface area contributed by atoms with Crippen molar-refractivity contribution in [2.75, 3.05) is 19.7 Å². The van der Waals surface area contributed by atoms with Crippen molar-refractivity contribution in [2.45, 2.75) is 13.3 Å². The van der Waals surface area contributed by atoms with Crippen molar-refractivity contribution >= 4 is 0 Å². The summed E-state index contributed by atoms with van der Waals surface area (Å²) < 4.78 is 18.1. The minimum Gasteiger partial charge on any atom is -0.493 e. The third-order valence-electron chi connectivity index (χ3n) is 1.81. The molecule has 0 unspecified atom stereocenters. The molecular formula is C11H16FNO. The fraction of sp³-hybridized carbons (Fsp3) is 0.455. The highest BCUT2D eigenvalue weighted by atomic mass is 19.1. The molecule has 14 heavy (non-hydrogen) atoms. The minimum absolute atomic E-state index is 0.255. The van der Waals surface area contributed by atoms with Gasteiger partial charge in [0.25, 0.3) is 0 Å². The van der Waals surface area contributed by atoms with Crippen LogP contribution in [0.2, 0.25) is 0 Å². The molecule has 2 nitrogen and oxygen atoms in total. The summed E-state index contributed by atoms with van der Waals surface area (Å²) in [6, 6.07) is 6.21. The summed E-state index contributed by atoms with van der Waals surface area (Å²) in [6.07, 6.45) is 0.935. The zero-order chi connectivity index (χ0) is 10.2. The Bertz CT molecular complexity index is 265. The highest BCUT2D eigenvalue weighted by Crippen LogP contribution is 2.11. The Morgan fingerprint density at radius 3 is 3.00 bits per heavy atom. The maximum Gasteiger partial charge on any atom is 0.126 e. The van der Waals surface area contributed by atoms with E-state index in [1.54, 1.807) is 12.1 Å². The van der Waals surface area contributed by atoms with E-state index in [9.17, 15) is 4.39 Å². The van der Waals surface area contributed by atoms with Gasteiger partial charge in [-0.2, -0.15) is 0 Å². The number of hydrogen-bond donors (Lipinski definition) is 1. The van der Waals surface area contributed by atoms with Crippen molar-refractivity contribution in [3.8, 4) is 5.75 Å². The SMILES string of the molecule is CCNCCCOc1cccc(F)c1. The van der Waals surface area contributed by atoms with Gasteiger partial charge in [-0.3, -0.25) is 0 Å². The van der Waals surface area contributed by atoms with Crippen molar-refractivity contribution in [1.82, 2.24) is 5.32 Å². The first-order valence-electron chi connectivity index (χ1n) is 4.92. The molecule has 0 aromatic heterocycles. The fourth-order valence-electron chi connectivity index (χ4n) is 1.12. The summed E-state index contributed by atoms with van der Waals surface area (Å²) in [4.78, 5) is 0. The number of benzene rings is 1. The van der Waals surface area contributed by atoms with E-state index in [-0.39, 0.29) is 5.82 Å². The van der Waals surface area contributed by atoms with Gasteiger partial charge in [-0.25, -0.2) is 4.39 Å². The van der Waals surface area contributed by atoms with Crippen molar-refractivity contribution in [1.29, 1.82) is 0 Å². The lowest BCUT2D eigenvalue weighted by molar-refractivity contribution is 0.307. The first-order chi connectivity index (χ1) is 6.83. The predicted molar refractivity (Wildman–Crippen MR) is 55.1 cm³/mol. The van der Waals surface area contributed by atoms with E-state index in [1.807, 2.05) is 0 Å². The number of halogens is 1. The number of nitrogens with one attached hydrogen (secondary N) is 1. The van der Waals surface area contributed by atoms with Crippen molar-refractivity contribution < 1.29 is 9.13 Å². The fourth-order valence-corrected chi connectivity index (χ4v) is 1.12. The molecule has 1 aromatic rings. The number of ether oxygens (including phenoxy) is 1. The van der Waals surface area contributed by atoms with Crippen molar-refractivity contribution in [2.24, 2.45) is 0 Å². The van der Waals surface area contributed by atoms with Gasteiger partial charge < -0.3 is 10.1 Å².